The quantitative estimate of drug-likeness (QED) is 0.199. The normalized spacial score (nSPS) is 26.6. The fraction of sp³-hybridized carbons (Fsp3) is 0.471. The Morgan fingerprint density at radius 1 is 1.06 bits per heavy atom. The molecule has 0 unspecified atom stereocenters. The summed E-state index contributed by atoms with van der Waals surface area (Å²) in [5.41, 5.74) is 12.8. The number of primary amides is 1. The molecule has 1 fully saturated rings. The van der Waals surface area contributed by atoms with Gasteiger partial charge in [-0.1, -0.05) is 0 Å². The highest BCUT2D eigenvalue weighted by Gasteiger charge is 2.74. The number of likely N-dealkylation sites (N-methyl/N-ethyl adjacent to an activating group) is 3. The van der Waals surface area contributed by atoms with Crippen LogP contribution in [0.15, 0.2) is 35.1 Å². The third-order valence-corrected chi connectivity index (χ3v) is 11.1. The van der Waals surface area contributed by atoms with Gasteiger partial charge in [0.2, 0.25) is 0 Å². The zero-order valence-corrected chi connectivity index (χ0v) is 29.6. The number of nitrogens with two attached hydrogens (primary N) is 3. The van der Waals surface area contributed by atoms with Crippen LogP contribution in [0.1, 0.15) is 22.4 Å². The molecular formula is C34H44N8O6S. The molecule has 262 valence electrons. The molecule has 2 aromatic rings. The molecule has 5 rings (SSSR count). The highest BCUT2D eigenvalue weighted by Crippen LogP contribution is 2.59. The van der Waals surface area contributed by atoms with Crippen molar-refractivity contribution >= 4 is 40.3 Å². The Hall–Kier alpha value is -4.30. The molecule has 4 atom stereocenters. The molecule has 0 radical (unpaired) electrons. The Bertz CT molecular complexity index is 1880. The Morgan fingerprint density at radius 3 is 2.27 bits per heavy atom. The highest BCUT2D eigenvalue weighted by molar-refractivity contribution is 7.15. The molecule has 3 aliphatic rings. The fourth-order valence-electron chi connectivity index (χ4n) is 7.79. The van der Waals surface area contributed by atoms with Gasteiger partial charge >= 0.3 is 0 Å². The van der Waals surface area contributed by atoms with Crippen molar-refractivity contribution in [2.24, 2.45) is 22.6 Å². The van der Waals surface area contributed by atoms with Gasteiger partial charge < -0.3 is 47.2 Å². The first kappa shape index (κ1) is 36.0. The van der Waals surface area contributed by atoms with Crippen molar-refractivity contribution in [2.45, 2.75) is 36.5 Å². The van der Waals surface area contributed by atoms with Crippen LogP contribution in [0.25, 0.3) is 16.2 Å². The van der Waals surface area contributed by atoms with Crippen LogP contribution in [-0.2, 0) is 27.3 Å². The molecule has 0 bridgehead atoms. The van der Waals surface area contributed by atoms with E-state index in [1.54, 1.807) is 25.1 Å². The number of thiophene rings is 1. The number of carbonyl (C=O) groups excluding carboxylic acids is 3. The van der Waals surface area contributed by atoms with Gasteiger partial charge in [0.05, 0.1) is 34.3 Å². The zero-order valence-electron chi connectivity index (χ0n) is 28.8. The number of hydrogen-bond donors (Lipinski definition) is 6. The summed E-state index contributed by atoms with van der Waals surface area (Å²) in [6.45, 7) is 2.43. The van der Waals surface area contributed by atoms with E-state index in [0.29, 0.717) is 23.4 Å². The number of nitrogens with zero attached hydrogens (tertiary/aromatic N) is 5. The molecule has 9 N–H and O–H groups in total. The van der Waals surface area contributed by atoms with Crippen LogP contribution in [0.4, 0.5) is 5.69 Å². The lowest BCUT2D eigenvalue weighted by atomic mass is 9.47. The minimum atomic E-state index is -2.72. The second kappa shape index (κ2) is 12.2. The molecule has 49 heavy (non-hydrogen) atoms. The lowest BCUT2D eigenvalue weighted by Crippen LogP contribution is -2.80. The van der Waals surface area contributed by atoms with Crippen molar-refractivity contribution in [3.8, 4) is 22.3 Å². The molecule has 1 aromatic carbocycles. The minimum absolute atomic E-state index is 0.0454. The number of aromatic hydroxyl groups is 1. The number of rotatable bonds is 9. The van der Waals surface area contributed by atoms with E-state index < -0.39 is 69.1 Å². The van der Waals surface area contributed by atoms with Crippen LogP contribution in [0.5, 0.6) is 5.75 Å². The Kier molecular flexibility index (Phi) is 8.99. The van der Waals surface area contributed by atoms with Crippen molar-refractivity contribution in [1.82, 2.24) is 14.7 Å². The summed E-state index contributed by atoms with van der Waals surface area (Å²) in [7, 11) is 12.6. The van der Waals surface area contributed by atoms with E-state index in [-0.39, 0.29) is 17.7 Å². The average Bonchev–Trinajstić information content (AvgIpc) is 3.42. The number of aliphatic hydroxyl groups excluding tert-OH is 2. The number of Topliss-reactive ketones (excluding diaryl/α,β-unsaturated/α-hetero) is 2. The Morgan fingerprint density at radius 2 is 1.71 bits per heavy atom. The molecule has 3 aliphatic carbocycles. The Labute approximate surface area is 289 Å². The highest BCUT2D eigenvalue weighted by atomic mass is 32.1. The second-order valence-corrected chi connectivity index (χ2v) is 15.3. The number of phenolic OH excluding ortho intramolecular Hbond substituents is 1. The van der Waals surface area contributed by atoms with Crippen molar-refractivity contribution in [3.05, 3.63) is 51.1 Å². The van der Waals surface area contributed by atoms with Gasteiger partial charge in [-0.3, -0.25) is 19.3 Å². The number of aliphatic hydroxyl groups is 2. The predicted molar refractivity (Wildman–Crippen MR) is 187 cm³/mol. The zero-order chi connectivity index (χ0) is 36.5. The summed E-state index contributed by atoms with van der Waals surface area (Å²) in [6.07, 6.45) is -0.559. The fourth-order valence-corrected chi connectivity index (χ4v) is 8.90. The number of phenols is 1. The van der Waals surface area contributed by atoms with Gasteiger partial charge in [-0.2, -0.15) is 5.26 Å². The molecule has 0 aliphatic heterocycles. The second-order valence-electron chi connectivity index (χ2n) is 14.1. The minimum Gasteiger partial charge on any atom is -0.509 e. The van der Waals surface area contributed by atoms with Crippen molar-refractivity contribution in [3.63, 3.8) is 0 Å². The maximum absolute atomic E-state index is 14.7. The number of ketones is 2. The van der Waals surface area contributed by atoms with E-state index in [0.717, 1.165) is 22.8 Å². The van der Waals surface area contributed by atoms with Gasteiger partial charge in [0.1, 0.15) is 22.8 Å². The van der Waals surface area contributed by atoms with Crippen molar-refractivity contribution in [1.29, 1.82) is 5.26 Å². The number of carbonyl (C=O) groups is 3. The van der Waals surface area contributed by atoms with Gasteiger partial charge in [0.25, 0.3) is 5.91 Å². The van der Waals surface area contributed by atoms with E-state index in [1.807, 2.05) is 39.3 Å². The summed E-state index contributed by atoms with van der Waals surface area (Å²) < 4.78 is 0. The van der Waals surface area contributed by atoms with Gasteiger partial charge in [-0.25, -0.2) is 0 Å². The molecule has 1 amide bonds. The van der Waals surface area contributed by atoms with Crippen LogP contribution in [0.2, 0.25) is 0 Å². The lowest BCUT2D eigenvalue weighted by Gasteiger charge is -2.58. The van der Waals surface area contributed by atoms with Gasteiger partial charge in [-0.05, 0) is 71.8 Å². The molecular weight excluding hydrogens is 648 g/mol. The van der Waals surface area contributed by atoms with Gasteiger partial charge in [-0.15, -0.1) is 11.3 Å². The van der Waals surface area contributed by atoms with E-state index >= 15 is 0 Å². The molecule has 14 nitrogen and oxygen atoms in total. The smallest absolute Gasteiger partial charge is 0.255 e. The van der Waals surface area contributed by atoms with Crippen LogP contribution in [-0.4, -0.2) is 127 Å². The molecule has 1 heterocycles. The van der Waals surface area contributed by atoms with Crippen LogP contribution >= 0.6 is 11.3 Å². The third kappa shape index (κ3) is 5.22. The maximum Gasteiger partial charge on any atom is 0.255 e. The largest absolute Gasteiger partial charge is 0.509 e. The summed E-state index contributed by atoms with van der Waals surface area (Å²) in [5, 5.41) is 46.0. The maximum atomic E-state index is 14.7. The van der Waals surface area contributed by atoms with Crippen molar-refractivity contribution in [2.75, 3.05) is 67.3 Å². The molecule has 1 saturated carbocycles. The topological polar surface area (TPSA) is 227 Å². The van der Waals surface area contributed by atoms with E-state index in [4.69, 9.17) is 17.2 Å². The van der Waals surface area contributed by atoms with E-state index in [1.165, 1.54) is 30.3 Å². The Balaban J connectivity index is 1.73. The SMILES string of the molecule is CN(C)CCN(C)Cc1ccc(-c2cc(N(C)C)c3c(c2O)C(O)=C2C(=O)[C@]4(C#N)C(O)=C(C(N)=O)C(=O)[C@@H](N(C)C)[C@]4(N)C[C@]2(N)C3)s1. The molecule has 0 spiro atoms. The van der Waals surface area contributed by atoms with Crippen LogP contribution in [0, 0.1) is 16.7 Å². The van der Waals surface area contributed by atoms with Gasteiger partial charge in [0, 0.05) is 54.7 Å². The number of hydrogen-bond acceptors (Lipinski definition) is 14. The summed E-state index contributed by atoms with van der Waals surface area (Å²) in [4.78, 5) is 50.1. The van der Waals surface area contributed by atoms with E-state index in [2.05, 4.69) is 9.80 Å². The van der Waals surface area contributed by atoms with Crippen molar-refractivity contribution < 1.29 is 29.7 Å². The third-order valence-electron chi connectivity index (χ3n) is 9.99. The monoisotopic (exact) mass is 692 g/mol. The standard InChI is InChI=1S/C34H44N8O6S/c1-39(2)10-11-42(7)14-17-8-9-21(49-17)18-12-20(40(3)4)19-13-32(37)15-34(38)28(41(5)6)27(45)23(31(36)48)29(46)33(34,16-35)30(47)24(32)26(44)22(19)25(18)43/h8-9,12,28,43-44,46H,10-11,13-15,37-38H2,1-7H3,(H2,36,48)/t28-,32-,33+,34-/m1/s1. The average molecular weight is 693 g/mol. The van der Waals surface area contributed by atoms with Crippen LogP contribution in [0.3, 0.4) is 0 Å². The molecule has 1 aromatic heterocycles. The van der Waals surface area contributed by atoms with Crippen LogP contribution < -0.4 is 22.1 Å². The number of amides is 1. The summed E-state index contributed by atoms with van der Waals surface area (Å²) in [5.74, 6) is -5.64. The number of benzene rings is 1. The lowest BCUT2D eigenvalue weighted by molar-refractivity contribution is -0.139. The summed E-state index contributed by atoms with van der Waals surface area (Å²) >= 11 is 1.48. The van der Waals surface area contributed by atoms with E-state index in [9.17, 15) is 35.0 Å². The predicted octanol–water partition coefficient (Wildman–Crippen LogP) is 0.693. The first-order chi connectivity index (χ1) is 22.8. The molecule has 0 saturated heterocycles. The molecule has 15 heteroatoms. The number of nitriles is 1. The number of fused-ring (bicyclic) bond motifs is 3. The summed E-state index contributed by atoms with van der Waals surface area (Å²) in [6, 6.07) is 5.99. The van der Waals surface area contributed by atoms with Gasteiger partial charge in [0.15, 0.2) is 17.0 Å². The number of anilines is 1. The first-order valence-corrected chi connectivity index (χ1v) is 16.5. The first-order valence-electron chi connectivity index (χ1n) is 15.7.